The van der Waals surface area contributed by atoms with Crippen LogP contribution < -0.4 is 19.5 Å². The Balaban J connectivity index is 2.13. The van der Waals surface area contributed by atoms with Crippen LogP contribution in [0, 0.1) is 0 Å². The number of sulfonamides is 1. The zero-order valence-corrected chi connectivity index (χ0v) is 16.9. The van der Waals surface area contributed by atoms with E-state index in [2.05, 4.69) is 14.8 Å². The van der Waals surface area contributed by atoms with Crippen LogP contribution in [0.15, 0.2) is 47.4 Å². The van der Waals surface area contributed by atoms with Gasteiger partial charge in [-0.15, -0.1) is 0 Å². The minimum absolute atomic E-state index is 0.0175. The molecule has 0 fully saturated rings. The summed E-state index contributed by atoms with van der Waals surface area (Å²) in [6.45, 7) is 0.381. The molecular weight excluding hydrogens is 406 g/mol. The molecule has 0 aromatic heterocycles. The number of carbonyl (C=O) groups is 1. The number of rotatable bonds is 9. The average Bonchev–Trinajstić information content (AvgIpc) is 2.65. The molecular formula is C19H22F2N2O5S. The molecule has 0 heterocycles. The van der Waals surface area contributed by atoms with E-state index in [9.17, 15) is 22.0 Å². The van der Waals surface area contributed by atoms with Gasteiger partial charge in [-0.3, -0.25) is 4.79 Å². The van der Waals surface area contributed by atoms with Gasteiger partial charge in [0.15, 0.2) is 11.5 Å². The molecule has 29 heavy (non-hydrogen) atoms. The second kappa shape index (κ2) is 9.66. The third kappa shape index (κ3) is 6.40. The molecule has 0 bridgehead atoms. The Kier molecular flexibility index (Phi) is 7.52. The highest BCUT2D eigenvalue weighted by Crippen LogP contribution is 2.29. The molecule has 0 saturated heterocycles. The second-order valence-corrected chi connectivity index (χ2v) is 8.06. The lowest BCUT2D eigenvalue weighted by Crippen LogP contribution is -2.30. The first-order valence-corrected chi connectivity index (χ1v) is 10.1. The summed E-state index contributed by atoms with van der Waals surface area (Å²) in [4.78, 5) is 12.4. The fourth-order valence-electron chi connectivity index (χ4n) is 2.49. The minimum Gasteiger partial charge on any atom is -0.493 e. The highest BCUT2D eigenvalue weighted by atomic mass is 32.2. The van der Waals surface area contributed by atoms with Crippen LogP contribution in [0.1, 0.15) is 29.8 Å². The van der Waals surface area contributed by atoms with Crippen LogP contribution in [0.5, 0.6) is 11.5 Å². The lowest BCUT2D eigenvalue weighted by atomic mass is 10.1. The maximum Gasteiger partial charge on any atom is 0.387 e. The Morgan fingerprint density at radius 3 is 2.45 bits per heavy atom. The molecule has 0 aliphatic heterocycles. The number of benzene rings is 2. The van der Waals surface area contributed by atoms with Crippen LogP contribution in [0.4, 0.5) is 8.78 Å². The number of carbonyl (C=O) groups excluding carboxylic acids is 1. The van der Waals surface area contributed by atoms with Gasteiger partial charge in [-0.1, -0.05) is 12.1 Å². The summed E-state index contributed by atoms with van der Waals surface area (Å²) in [5, 5.41) is 2.61. The predicted molar refractivity (Wildman–Crippen MR) is 103 cm³/mol. The second-order valence-electron chi connectivity index (χ2n) is 6.35. The average molecular weight is 428 g/mol. The zero-order chi connectivity index (χ0) is 21.6. The quantitative estimate of drug-likeness (QED) is 0.641. The van der Waals surface area contributed by atoms with Gasteiger partial charge in [0.2, 0.25) is 10.0 Å². The van der Waals surface area contributed by atoms with E-state index in [4.69, 9.17) is 4.74 Å². The topological polar surface area (TPSA) is 93.7 Å². The monoisotopic (exact) mass is 428 g/mol. The molecule has 0 radical (unpaired) electrons. The van der Waals surface area contributed by atoms with Crippen molar-refractivity contribution >= 4 is 15.9 Å². The number of alkyl halides is 2. The maximum absolute atomic E-state index is 12.5. The molecule has 0 atom stereocenters. The molecule has 0 aliphatic carbocycles. The molecule has 2 rings (SSSR count). The Morgan fingerprint density at radius 1 is 1.10 bits per heavy atom. The van der Waals surface area contributed by atoms with E-state index >= 15 is 0 Å². The van der Waals surface area contributed by atoms with E-state index in [0.717, 1.165) is 0 Å². The van der Waals surface area contributed by atoms with E-state index in [1.54, 1.807) is 19.9 Å². The van der Waals surface area contributed by atoms with Gasteiger partial charge in [0, 0.05) is 18.2 Å². The normalized spacial score (nSPS) is 11.6. The number of nitrogens with one attached hydrogen (secondary N) is 2. The summed E-state index contributed by atoms with van der Waals surface area (Å²) in [5.41, 5.74) is 0.647. The first kappa shape index (κ1) is 22.6. The van der Waals surface area contributed by atoms with Crippen molar-refractivity contribution < 1.29 is 31.5 Å². The lowest BCUT2D eigenvalue weighted by Gasteiger charge is -2.13. The molecule has 158 valence electrons. The van der Waals surface area contributed by atoms with Gasteiger partial charge in [-0.25, -0.2) is 13.1 Å². The summed E-state index contributed by atoms with van der Waals surface area (Å²) >= 11 is 0. The van der Waals surface area contributed by atoms with Gasteiger partial charge in [-0.05, 0) is 49.7 Å². The van der Waals surface area contributed by atoms with Crippen LogP contribution in [0.3, 0.4) is 0 Å². The molecule has 10 heteroatoms. The SMILES string of the molecule is COc1ccc(CNC(=O)c2cccc(S(=O)(=O)NC(C)C)c2)cc1OC(F)F. The van der Waals surface area contributed by atoms with Crippen LogP contribution >= 0.6 is 0 Å². The summed E-state index contributed by atoms with van der Waals surface area (Å²) < 4.78 is 61.4. The van der Waals surface area contributed by atoms with Crippen molar-refractivity contribution in [2.24, 2.45) is 0 Å². The third-order valence-electron chi connectivity index (χ3n) is 3.69. The molecule has 0 spiro atoms. The van der Waals surface area contributed by atoms with Crippen LogP contribution in [-0.4, -0.2) is 34.1 Å². The van der Waals surface area contributed by atoms with Crippen molar-refractivity contribution in [3.8, 4) is 11.5 Å². The van der Waals surface area contributed by atoms with Crippen molar-refractivity contribution in [3.63, 3.8) is 0 Å². The minimum atomic E-state index is -3.74. The zero-order valence-electron chi connectivity index (χ0n) is 16.1. The number of ether oxygens (including phenoxy) is 2. The molecule has 7 nitrogen and oxygen atoms in total. The van der Waals surface area contributed by atoms with Crippen LogP contribution in [-0.2, 0) is 16.6 Å². The van der Waals surface area contributed by atoms with Crippen LogP contribution in [0.25, 0.3) is 0 Å². The van der Waals surface area contributed by atoms with Gasteiger partial charge in [0.1, 0.15) is 0 Å². The third-order valence-corrected chi connectivity index (χ3v) is 5.35. The lowest BCUT2D eigenvalue weighted by molar-refractivity contribution is -0.0512. The summed E-state index contributed by atoms with van der Waals surface area (Å²) in [6, 6.07) is 9.66. The Bertz CT molecular complexity index is 965. The molecule has 2 aromatic rings. The number of methoxy groups -OCH3 is 1. The maximum atomic E-state index is 12.5. The Hall–Kier alpha value is -2.72. The Morgan fingerprint density at radius 2 is 1.83 bits per heavy atom. The highest BCUT2D eigenvalue weighted by molar-refractivity contribution is 7.89. The van der Waals surface area contributed by atoms with Crippen molar-refractivity contribution in [1.29, 1.82) is 0 Å². The number of hydrogen-bond donors (Lipinski definition) is 2. The summed E-state index contributed by atoms with van der Waals surface area (Å²) in [5.74, 6) is -0.531. The van der Waals surface area contributed by atoms with E-state index < -0.39 is 22.5 Å². The largest absolute Gasteiger partial charge is 0.493 e. The van der Waals surface area contributed by atoms with Crippen molar-refractivity contribution in [2.45, 2.75) is 37.9 Å². The molecule has 0 saturated carbocycles. The molecule has 1 amide bonds. The van der Waals surface area contributed by atoms with E-state index in [0.29, 0.717) is 5.56 Å². The van der Waals surface area contributed by atoms with Gasteiger partial charge in [0.25, 0.3) is 5.91 Å². The first-order chi connectivity index (χ1) is 13.6. The first-order valence-electron chi connectivity index (χ1n) is 8.64. The molecule has 2 N–H and O–H groups in total. The number of halogens is 2. The van der Waals surface area contributed by atoms with Gasteiger partial charge in [0.05, 0.1) is 12.0 Å². The summed E-state index contributed by atoms with van der Waals surface area (Å²) in [7, 11) is -2.42. The Labute approximate surface area is 168 Å². The van der Waals surface area contributed by atoms with Gasteiger partial charge in [-0.2, -0.15) is 8.78 Å². The van der Waals surface area contributed by atoms with Crippen LogP contribution in [0.2, 0.25) is 0 Å². The standard InChI is InChI=1S/C19H22F2N2O5S/c1-12(2)23-29(25,26)15-6-4-5-14(10-15)18(24)22-11-13-7-8-16(27-3)17(9-13)28-19(20)21/h4-10,12,19,23H,11H2,1-3H3,(H,22,24). The molecule has 0 unspecified atom stereocenters. The molecule has 0 aliphatic rings. The smallest absolute Gasteiger partial charge is 0.387 e. The molecule has 2 aromatic carbocycles. The van der Waals surface area contributed by atoms with E-state index in [1.165, 1.54) is 43.5 Å². The highest BCUT2D eigenvalue weighted by Gasteiger charge is 2.17. The van der Waals surface area contributed by atoms with Gasteiger partial charge < -0.3 is 14.8 Å². The van der Waals surface area contributed by atoms with Crippen molar-refractivity contribution in [1.82, 2.24) is 10.0 Å². The van der Waals surface area contributed by atoms with E-state index in [1.807, 2.05) is 0 Å². The number of amides is 1. The van der Waals surface area contributed by atoms with Crippen molar-refractivity contribution in [2.75, 3.05) is 7.11 Å². The summed E-state index contributed by atoms with van der Waals surface area (Å²) in [6.07, 6.45) is 0. The fourth-order valence-corrected chi connectivity index (χ4v) is 3.78. The van der Waals surface area contributed by atoms with E-state index in [-0.39, 0.29) is 34.5 Å². The van der Waals surface area contributed by atoms with Gasteiger partial charge >= 0.3 is 6.61 Å². The van der Waals surface area contributed by atoms with Crippen molar-refractivity contribution in [3.05, 3.63) is 53.6 Å². The predicted octanol–water partition coefficient (Wildman–Crippen LogP) is 2.91. The number of hydrogen-bond acceptors (Lipinski definition) is 5. The fraction of sp³-hybridized carbons (Fsp3) is 0.316.